The molecule has 0 aliphatic rings. The Morgan fingerprint density at radius 3 is 2.50 bits per heavy atom. The zero-order chi connectivity index (χ0) is 14.6. The first kappa shape index (κ1) is 16.7. The van der Waals surface area contributed by atoms with E-state index in [2.05, 4.69) is 43.4 Å². The van der Waals surface area contributed by atoms with Gasteiger partial charge >= 0.3 is 0 Å². The molecule has 2 heteroatoms. The molecule has 1 N–H and O–H groups in total. The lowest BCUT2D eigenvalue weighted by atomic mass is 10.1. The highest BCUT2D eigenvalue weighted by Crippen LogP contribution is 2.07. The molecule has 0 unspecified atom stereocenters. The number of unbranched alkanes of at least 4 members (excludes halogenated alkanes) is 4. The maximum Gasteiger partial charge on any atom is 0.220 e. The Hall–Kier alpha value is -1.31. The van der Waals surface area contributed by atoms with Crippen LogP contribution in [0.25, 0.3) is 0 Å². The lowest BCUT2D eigenvalue weighted by Gasteiger charge is -2.13. The molecular formula is C18H29NO. The second kappa shape index (κ2) is 10.5. The van der Waals surface area contributed by atoms with E-state index >= 15 is 0 Å². The third kappa shape index (κ3) is 7.98. The average molecular weight is 275 g/mol. The SMILES string of the molecule is CCCCCCCC(=O)N[C@H](C)CCc1ccccc1. The molecule has 0 saturated heterocycles. The Morgan fingerprint density at radius 1 is 1.10 bits per heavy atom. The van der Waals surface area contributed by atoms with Crippen molar-refractivity contribution in [3.8, 4) is 0 Å². The highest BCUT2D eigenvalue weighted by atomic mass is 16.1. The first-order valence-electron chi connectivity index (χ1n) is 8.05. The molecule has 0 aliphatic heterocycles. The highest BCUT2D eigenvalue weighted by molar-refractivity contribution is 5.76. The van der Waals surface area contributed by atoms with E-state index in [1.165, 1.54) is 31.2 Å². The van der Waals surface area contributed by atoms with Crippen LogP contribution in [-0.2, 0) is 11.2 Å². The number of nitrogens with one attached hydrogen (secondary N) is 1. The molecule has 1 aromatic carbocycles. The molecule has 0 radical (unpaired) electrons. The predicted octanol–water partition coefficient (Wildman–Crippen LogP) is 4.48. The van der Waals surface area contributed by atoms with Gasteiger partial charge in [-0.15, -0.1) is 0 Å². The normalized spacial score (nSPS) is 12.1. The molecule has 0 aromatic heterocycles. The maximum absolute atomic E-state index is 11.8. The molecule has 0 bridgehead atoms. The van der Waals surface area contributed by atoms with Gasteiger partial charge in [-0.3, -0.25) is 4.79 Å². The number of hydrogen-bond donors (Lipinski definition) is 1. The Kier molecular flexibility index (Phi) is 8.77. The van der Waals surface area contributed by atoms with Crippen LogP contribution >= 0.6 is 0 Å². The second-order valence-electron chi connectivity index (χ2n) is 5.66. The minimum Gasteiger partial charge on any atom is -0.354 e. The van der Waals surface area contributed by atoms with Crippen molar-refractivity contribution >= 4 is 5.91 Å². The van der Waals surface area contributed by atoms with Gasteiger partial charge in [0, 0.05) is 12.5 Å². The Balaban J connectivity index is 2.09. The van der Waals surface area contributed by atoms with Gasteiger partial charge in [0.05, 0.1) is 0 Å². The molecule has 1 rings (SSSR count). The van der Waals surface area contributed by atoms with Crippen molar-refractivity contribution in [3.05, 3.63) is 35.9 Å². The molecule has 20 heavy (non-hydrogen) atoms. The van der Waals surface area contributed by atoms with Gasteiger partial charge in [0.1, 0.15) is 0 Å². The van der Waals surface area contributed by atoms with E-state index < -0.39 is 0 Å². The smallest absolute Gasteiger partial charge is 0.220 e. The van der Waals surface area contributed by atoms with E-state index in [-0.39, 0.29) is 11.9 Å². The lowest BCUT2D eigenvalue weighted by Crippen LogP contribution is -2.32. The molecule has 2 nitrogen and oxygen atoms in total. The summed E-state index contributed by atoms with van der Waals surface area (Å²) < 4.78 is 0. The van der Waals surface area contributed by atoms with Gasteiger partial charge in [-0.05, 0) is 31.7 Å². The van der Waals surface area contributed by atoms with Gasteiger partial charge < -0.3 is 5.32 Å². The number of rotatable bonds is 10. The van der Waals surface area contributed by atoms with Crippen molar-refractivity contribution in [2.45, 2.75) is 71.3 Å². The summed E-state index contributed by atoms with van der Waals surface area (Å²) in [5.74, 6) is 0.210. The molecule has 0 heterocycles. The van der Waals surface area contributed by atoms with Crippen molar-refractivity contribution < 1.29 is 4.79 Å². The van der Waals surface area contributed by atoms with E-state index in [4.69, 9.17) is 0 Å². The molecule has 1 amide bonds. The molecule has 1 atom stereocenters. The third-order valence-electron chi connectivity index (χ3n) is 3.62. The van der Waals surface area contributed by atoms with Crippen molar-refractivity contribution in [2.75, 3.05) is 0 Å². The van der Waals surface area contributed by atoms with Crippen LogP contribution in [0.2, 0.25) is 0 Å². The maximum atomic E-state index is 11.8. The van der Waals surface area contributed by atoms with Crippen molar-refractivity contribution in [3.63, 3.8) is 0 Å². The van der Waals surface area contributed by atoms with Gasteiger partial charge in [0.25, 0.3) is 0 Å². The van der Waals surface area contributed by atoms with Crippen LogP contribution in [0.1, 0.15) is 64.4 Å². The summed E-state index contributed by atoms with van der Waals surface area (Å²) in [6.45, 7) is 4.30. The number of benzene rings is 1. The van der Waals surface area contributed by atoms with Crippen LogP contribution in [0, 0.1) is 0 Å². The average Bonchev–Trinajstić information content (AvgIpc) is 2.46. The minimum absolute atomic E-state index is 0.210. The Labute approximate surface area is 124 Å². The number of carbonyl (C=O) groups is 1. The molecule has 0 spiro atoms. The summed E-state index contributed by atoms with van der Waals surface area (Å²) in [5.41, 5.74) is 1.34. The largest absolute Gasteiger partial charge is 0.354 e. The topological polar surface area (TPSA) is 29.1 Å². The number of carbonyl (C=O) groups excluding carboxylic acids is 1. The number of aryl methyl sites for hydroxylation is 1. The van der Waals surface area contributed by atoms with Gasteiger partial charge in [-0.2, -0.15) is 0 Å². The lowest BCUT2D eigenvalue weighted by molar-refractivity contribution is -0.121. The van der Waals surface area contributed by atoms with E-state index in [0.29, 0.717) is 6.42 Å². The van der Waals surface area contributed by atoms with Crippen molar-refractivity contribution in [2.24, 2.45) is 0 Å². The van der Waals surface area contributed by atoms with E-state index in [1.807, 2.05) is 6.07 Å². The Bertz CT molecular complexity index is 361. The predicted molar refractivity (Wildman–Crippen MR) is 85.7 cm³/mol. The summed E-state index contributed by atoms with van der Waals surface area (Å²) >= 11 is 0. The van der Waals surface area contributed by atoms with Gasteiger partial charge in [0.15, 0.2) is 0 Å². The Morgan fingerprint density at radius 2 is 1.80 bits per heavy atom. The molecule has 112 valence electrons. The molecule has 0 saturated carbocycles. The molecular weight excluding hydrogens is 246 g/mol. The number of hydrogen-bond acceptors (Lipinski definition) is 1. The monoisotopic (exact) mass is 275 g/mol. The molecule has 0 fully saturated rings. The highest BCUT2D eigenvalue weighted by Gasteiger charge is 2.07. The van der Waals surface area contributed by atoms with E-state index in [0.717, 1.165) is 19.3 Å². The third-order valence-corrected chi connectivity index (χ3v) is 3.62. The summed E-state index contributed by atoms with van der Waals surface area (Å²) in [6, 6.07) is 10.7. The van der Waals surface area contributed by atoms with Crippen LogP contribution in [0.5, 0.6) is 0 Å². The van der Waals surface area contributed by atoms with Crippen molar-refractivity contribution in [1.29, 1.82) is 0 Å². The minimum atomic E-state index is 0.210. The first-order valence-corrected chi connectivity index (χ1v) is 8.05. The summed E-state index contributed by atoms with van der Waals surface area (Å²) in [6.07, 6.45) is 8.71. The second-order valence-corrected chi connectivity index (χ2v) is 5.66. The zero-order valence-corrected chi connectivity index (χ0v) is 13.0. The van der Waals surface area contributed by atoms with Crippen LogP contribution in [0.3, 0.4) is 0 Å². The zero-order valence-electron chi connectivity index (χ0n) is 13.0. The fourth-order valence-corrected chi connectivity index (χ4v) is 2.34. The molecule has 1 aromatic rings. The van der Waals surface area contributed by atoms with Gasteiger partial charge in [-0.1, -0.05) is 62.9 Å². The standard InChI is InChI=1S/C18H29NO/c1-3-4-5-6-10-13-18(20)19-16(2)14-15-17-11-8-7-9-12-17/h7-9,11-12,16H,3-6,10,13-15H2,1-2H3,(H,19,20)/t16-/m1/s1. The van der Waals surface area contributed by atoms with Crippen LogP contribution in [0.4, 0.5) is 0 Å². The van der Waals surface area contributed by atoms with Gasteiger partial charge in [-0.25, -0.2) is 0 Å². The quantitative estimate of drug-likeness (QED) is 0.626. The number of amides is 1. The summed E-state index contributed by atoms with van der Waals surface area (Å²) in [7, 11) is 0. The van der Waals surface area contributed by atoms with Crippen LogP contribution < -0.4 is 5.32 Å². The van der Waals surface area contributed by atoms with Crippen molar-refractivity contribution in [1.82, 2.24) is 5.32 Å². The fraction of sp³-hybridized carbons (Fsp3) is 0.611. The summed E-state index contributed by atoms with van der Waals surface area (Å²) in [4.78, 5) is 11.8. The van der Waals surface area contributed by atoms with Crippen LogP contribution in [0.15, 0.2) is 30.3 Å². The fourth-order valence-electron chi connectivity index (χ4n) is 2.34. The van der Waals surface area contributed by atoms with E-state index in [1.54, 1.807) is 0 Å². The van der Waals surface area contributed by atoms with Gasteiger partial charge in [0.2, 0.25) is 5.91 Å². The van der Waals surface area contributed by atoms with E-state index in [9.17, 15) is 4.79 Å². The molecule has 0 aliphatic carbocycles. The van der Waals surface area contributed by atoms with Crippen LogP contribution in [-0.4, -0.2) is 11.9 Å². The first-order chi connectivity index (χ1) is 9.72. The summed E-state index contributed by atoms with van der Waals surface area (Å²) in [5, 5.41) is 3.10.